The fourth-order valence-electron chi connectivity index (χ4n) is 2.45. The molecule has 0 N–H and O–H groups in total. The molecule has 3 aromatic heterocycles. The Balaban J connectivity index is 0.00000169. The second kappa shape index (κ2) is 7.24. The number of benzene rings is 1. The summed E-state index contributed by atoms with van der Waals surface area (Å²) in [6.45, 7) is 0.620. The molecule has 0 aliphatic heterocycles. The molecule has 0 saturated heterocycles. The molecule has 0 saturated carbocycles. The molecule has 0 atom stereocenters. The van der Waals surface area contributed by atoms with E-state index >= 15 is 0 Å². The topological polar surface area (TPSA) is 66.0 Å². The number of furan rings is 1. The van der Waals surface area contributed by atoms with E-state index in [1.807, 2.05) is 41.0 Å². The van der Waals surface area contributed by atoms with Gasteiger partial charge in [0.25, 0.3) is 0 Å². The van der Waals surface area contributed by atoms with Crippen molar-refractivity contribution in [3.05, 3.63) is 60.9 Å². The molecule has 0 aliphatic carbocycles. The van der Waals surface area contributed by atoms with Crippen molar-refractivity contribution in [2.24, 2.45) is 0 Å². The number of methoxy groups -OCH3 is 1. The molecule has 0 amide bonds. The molecule has 3 heterocycles. The van der Waals surface area contributed by atoms with E-state index < -0.39 is 0 Å². The molecule has 6 nitrogen and oxygen atoms in total. The maximum absolute atomic E-state index is 5.41. The number of ether oxygens (including phenoxy) is 1. The summed E-state index contributed by atoms with van der Waals surface area (Å²) in [6.07, 6.45) is 6.11. The van der Waals surface area contributed by atoms with Gasteiger partial charge in [-0.1, -0.05) is 12.1 Å². The third-order valence-corrected chi connectivity index (χ3v) is 3.60. The predicted octanol–water partition coefficient (Wildman–Crippen LogP) is 2.94. The van der Waals surface area contributed by atoms with Crippen LogP contribution in [0.4, 0.5) is 0 Å². The van der Waals surface area contributed by atoms with E-state index in [1.54, 1.807) is 13.4 Å². The number of imidazole rings is 1. The number of hydrogen-bond acceptors (Lipinski definition) is 5. The zero-order valence-corrected chi connectivity index (χ0v) is 15.8. The summed E-state index contributed by atoms with van der Waals surface area (Å²) in [6, 6.07) is 11.5. The van der Waals surface area contributed by atoms with E-state index in [4.69, 9.17) is 9.15 Å². The van der Waals surface area contributed by atoms with E-state index in [-0.39, 0.29) is 32.7 Å². The van der Waals surface area contributed by atoms with E-state index in [0.29, 0.717) is 23.5 Å². The maximum atomic E-state index is 5.41. The van der Waals surface area contributed by atoms with Gasteiger partial charge in [-0.2, -0.15) is 0 Å². The smallest absolute Gasteiger partial charge is 0.141 e. The Morgan fingerprint density at radius 1 is 1.17 bits per heavy atom. The van der Waals surface area contributed by atoms with Gasteiger partial charge in [-0.05, 0) is 35.3 Å². The Morgan fingerprint density at radius 2 is 2.00 bits per heavy atom. The molecule has 0 aliphatic rings. The van der Waals surface area contributed by atoms with E-state index in [0.717, 1.165) is 17.0 Å². The van der Waals surface area contributed by atoms with Gasteiger partial charge >= 0.3 is 0 Å². The third kappa shape index (κ3) is 3.12. The monoisotopic (exact) mass is 394 g/mol. The van der Waals surface area contributed by atoms with Crippen LogP contribution in [0.15, 0.2) is 53.4 Å². The van der Waals surface area contributed by atoms with Gasteiger partial charge in [-0.25, -0.2) is 4.98 Å². The van der Waals surface area contributed by atoms with Crippen molar-refractivity contribution in [2.75, 3.05) is 7.11 Å². The second-order valence-corrected chi connectivity index (χ2v) is 5.02. The number of nitrogens with zero attached hydrogens (tertiary/aromatic N) is 4. The van der Waals surface area contributed by atoms with Gasteiger partial charge in [0.05, 0.1) is 19.1 Å². The summed E-state index contributed by atoms with van der Waals surface area (Å²) in [7, 11) is 1.65. The number of fused-ring (bicyclic) bond motifs is 1. The van der Waals surface area contributed by atoms with Crippen LogP contribution in [0, 0.1) is 6.33 Å². The van der Waals surface area contributed by atoms with Crippen LogP contribution in [0.25, 0.3) is 22.6 Å². The van der Waals surface area contributed by atoms with Gasteiger partial charge in [0.1, 0.15) is 17.8 Å². The zero-order valence-electron chi connectivity index (χ0n) is 13.0. The minimum Gasteiger partial charge on any atom is -0.497 e. The number of hydrogen-bond donors (Lipinski definition) is 0. The largest absolute Gasteiger partial charge is 0.497 e. The van der Waals surface area contributed by atoms with Crippen LogP contribution in [-0.2, 0) is 39.3 Å². The van der Waals surface area contributed by atoms with E-state index in [9.17, 15) is 0 Å². The van der Waals surface area contributed by atoms with Crippen LogP contribution >= 0.6 is 0 Å². The first-order chi connectivity index (χ1) is 11.3. The van der Waals surface area contributed by atoms with Crippen molar-refractivity contribution < 1.29 is 41.9 Å². The Morgan fingerprint density at radius 3 is 2.71 bits per heavy atom. The normalized spacial score (nSPS) is 10.5. The van der Waals surface area contributed by atoms with Gasteiger partial charge in [0.2, 0.25) is 0 Å². The minimum atomic E-state index is 0. The quantitative estimate of drug-likeness (QED) is 0.498. The van der Waals surface area contributed by atoms with Crippen molar-refractivity contribution in [3.63, 3.8) is 0 Å². The van der Waals surface area contributed by atoms with Crippen LogP contribution in [-0.4, -0.2) is 26.6 Å². The molecule has 1 radical (unpaired) electrons. The minimum absolute atomic E-state index is 0. The average molecular weight is 394 g/mol. The van der Waals surface area contributed by atoms with Crippen LogP contribution in [0.2, 0.25) is 0 Å². The van der Waals surface area contributed by atoms with Crippen molar-refractivity contribution in [2.45, 2.75) is 6.54 Å². The van der Waals surface area contributed by atoms with Gasteiger partial charge in [0.15, 0.2) is 0 Å². The average Bonchev–Trinajstić information content (AvgIpc) is 3.26. The maximum Gasteiger partial charge on any atom is 0.141 e. The van der Waals surface area contributed by atoms with Gasteiger partial charge < -0.3 is 18.7 Å². The molecule has 0 unspecified atom stereocenters. The molecule has 0 spiro atoms. The van der Waals surface area contributed by atoms with Crippen molar-refractivity contribution in [3.8, 4) is 17.2 Å². The Bertz CT molecular complexity index is 933. The molecule has 24 heavy (non-hydrogen) atoms. The first kappa shape index (κ1) is 16.8. The van der Waals surface area contributed by atoms with Crippen LogP contribution < -0.4 is 4.74 Å². The summed E-state index contributed by atoms with van der Waals surface area (Å²) in [4.78, 5) is 12.9. The van der Waals surface area contributed by atoms with Gasteiger partial charge in [-0.3, -0.25) is 4.98 Å². The van der Waals surface area contributed by atoms with Crippen molar-refractivity contribution in [1.29, 1.82) is 0 Å². The van der Waals surface area contributed by atoms with Crippen LogP contribution in [0.3, 0.4) is 0 Å². The molecule has 117 valence electrons. The SMILES string of the molecule is COc1ccc(Cn2[c-]nc3c(-c4ccco4)ncnc32)cc1.[Y]. The second-order valence-electron chi connectivity index (χ2n) is 5.02. The predicted molar refractivity (Wildman–Crippen MR) is 84.0 cm³/mol. The first-order valence-corrected chi connectivity index (χ1v) is 7.11. The molecule has 0 fully saturated rings. The summed E-state index contributed by atoms with van der Waals surface area (Å²) in [5.41, 5.74) is 3.18. The molecular formula is C17H13N4O2Y-. The molecule has 4 aromatic rings. The zero-order chi connectivity index (χ0) is 15.6. The van der Waals surface area contributed by atoms with Crippen LogP contribution in [0.5, 0.6) is 5.75 Å². The molecular weight excluding hydrogens is 381 g/mol. The number of rotatable bonds is 4. The standard InChI is InChI=1S/C17H13N4O2.Y/c1-22-13-6-4-12(5-7-13)9-21-11-20-16-15(14-3-2-8-23-14)18-10-19-17(16)21;/h2-8,10H,9H2,1H3;/q-1;. The third-order valence-electron chi connectivity index (χ3n) is 3.60. The molecule has 1 aromatic carbocycles. The summed E-state index contributed by atoms with van der Waals surface area (Å²) in [5.74, 6) is 1.50. The molecule has 0 bridgehead atoms. The van der Waals surface area contributed by atoms with Crippen LogP contribution in [0.1, 0.15) is 5.56 Å². The fourth-order valence-corrected chi connectivity index (χ4v) is 2.45. The van der Waals surface area contributed by atoms with Gasteiger partial charge in [-0.15, -0.1) is 0 Å². The number of aromatic nitrogens is 4. The van der Waals surface area contributed by atoms with E-state index in [2.05, 4.69) is 21.3 Å². The summed E-state index contributed by atoms with van der Waals surface area (Å²) in [5, 5.41) is 0. The molecule has 4 rings (SSSR count). The fraction of sp³-hybridized carbons (Fsp3) is 0.118. The summed E-state index contributed by atoms with van der Waals surface area (Å²) >= 11 is 0. The Hall–Kier alpha value is -2.05. The van der Waals surface area contributed by atoms with E-state index in [1.165, 1.54) is 6.33 Å². The Labute approximate surface area is 163 Å². The summed E-state index contributed by atoms with van der Waals surface area (Å²) < 4.78 is 12.5. The molecule has 7 heteroatoms. The van der Waals surface area contributed by atoms with Crippen molar-refractivity contribution >= 4 is 11.2 Å². The van der Waals surface area contributed by atoms with Crippen molar-refractivity contribution in [1.82, 2.24) is 19.5 Å². The van der Waals surface area contributed by atoms with Gasteiger partial charge in [0, 0.05) is 51.2 Å². The Kier molecular flexibility index (Phi) is 5.07. The first-order valence-electron chi connectivity index (χ1n) is 7.11.